The third-order valence-electron chi connectivity index (χ3n) is 5.12. The molecule has 33 heavy (non-hydrogen) atoms. The second-order valence-corrected chi connectivity index (χ2v) is 9.28. The summed E-state index contributed by atoms with van der Waals surface area (Å²) in [5.41, 5.74) is 0.00737. The lowest BCUT2D eigenvalue weighted by Gasteiger charge is -2.33. The number of alkyl halides is 3. The maximum atomic E-state index is 13.9. The molecule has 2 aromatic heterocycles. The molecule has 0 bridgehead atoms. The molecule has 2 N–H and O–H groups in total. The summed E-state index contributed by atoms with van der Waals surface area (Å²) in [6.07, 6.45) is -4.81. The maximum Gasteiger partial charge on any atom is 0.410 e. The van der Waals surface area contributed by atoms with Gasteiger partial charge < -0.3 is 20.1 Å². The first-order valence-electron chi connectivity index (χ1n) is 9.51. The number of benzene rings is 1. The highest BCUT2D eigenvalue weighted by Gasteiger charge is 2.48. The zero-order valence-corrected chi connectivity index (χ0v) is 20.3. The number of rotatable bonds is 5. The standard InChI is InChI=1S/C20H17BrClF3N4O3S/c1-31-12-7-10(13(32-2)6-9(12)22)27-19(30)17-16(21)18-26-11(14-4-3-5-33-14)8-15(20(23,24)25)29(18)28-17/h3-7,11,15,26H,8H2,1-2H3,(H,27,30). The van der Waals surface area contributed by atoms with E-state index in [1.165, 1.54) is 37.7 Å². The van der Waals surface area contributed by atoms with Gasteiger partial charge in [-0.15, -0.1) is 11.3 Å². The molecule has 176 valence electrons. The molecule has 13 heteroatoms. The predicted molar refractivity (Wildman–Crippen MR) is 123 cm³/mol. The molecule has 2 atom stereocenters. The third kappa shape index (κ3) is 4.51. The summed E-state index contributed by atoms with van der Waals surface area (Å²) in [4.78, 5) is 13.8. The van der Waals surface area contributed by atoms with E-state index < -0.39 is 24.2 Å². The Kier molecular flexibility index (Phi) is 6.52. The Morgan fingerprint density at radius 1 is 1.33 bits per heavy atom. The van der Waals surface area contributed by atoms with Crippen molar-refractivity contribution in [3.63, 3.8) is 0 Å². The zero-order valence-electron chi connectivity index (χ0n) is 17.2. The van der Waals surface area contributed by atoms with E-state index in [0.29, 0.717) is 0 Å². The zero-order chi connectivity index (χ0) is 23.9. The lowest BCUT2D eigenvalue weighted by molar-refractivity contribution is -0.173. The van der Waals surface area contributed by atoms with Crippen LogP contribution in [-0.2, 0) is 0 Å². The lowest BCUT2D eigenvalue weighted by atomic mass is 10.0. The summed E-state index contributed by atoms with van der Waals surface area (Å²) in [6.45, 7) is 0. The van der Waals surface area contributed by atoms with Crippen LogP contribution in [0, 0.1) is 0 Å². The molecular formula is C20H17BrClF3N4O3S. The van der Waals surface area contributed by atoms with Crippen LogP contribution in [0.25, 0.3) is 0 Å². The third-order valence-corrected chi connectivity index (χ3v) is 7.15. The van der Waals surface area contributed by atoms with E-state index in [2.05, 4.69) is 31.7 Å². The van der Waals surface area contributed by atoms with Crippen molar-refractivity contribution in [2.45, 2.75) is 24.7 Å². The molecule has 4 rings (SSSR count). The molecule has 0 saturated carbocycles. The Morgan fingerprint density at radius 3 is 2.67 bits per heavy atom. The number of fused-ring (bicyclic) bond motifs is 1. The van der Waals surface area contributed by atoms with Crippen molar-refractivity contribution in [2.24, 2.45) is 0 Å². The van der Waals surface area contributed by atoms with E-state index in [4.69, 9.17) is 21.1 Å². The second-order valence-electron chi connectivity index (χ2n) is 7.10. The number of methoxy groups -OCH3 is 2. The van der Waals surface area contributed by atoms with Crippen LogP contribution < -0.4 is 20.1 Å². The van der Waals surface area contributed by atoms with Crippen LogP contribution in [0.15, 0.2) is 34.1 Å². The molecule has 1 aliphatic heterocycles. The van der Waals surface area contributed by atoms with Crippen LogP contribution in [0.3, 0.4) is 0 Å². The number of amides is 1. The average Bonchev–Trinajstić information content (AvgIpc) is 3.42. The van der Waals surface area contributed by atoms with Crippen LogP contribution in [0.1, 0.15) is 33.9 Å². The van der Waals surface area contributed by atoms with Gasteiger partial charge in [-0.1, -0.05) is 17.7 Å². The van der Waals surface area contributed by atoms with Gasteiger partial charge in [-0.3, -0.25) is 4.79 Å². The van der Waals surface area contributed by atoms with Gasteiger partial charge in [-0.2, -0.15) is 18.3 Å². The Hall–Kier alpha value is -2.44. The van der Waals surface area contributed by atoms with Crippen molar-refractivity contribution in [1.29, 1.82) is 0 Å². The van der Waals surface area contributed by atoms with Crippen molar-refractivity contribution in [1.82, 2.24) is 9.78 Å². The minimum absolute atomic E-state index is 0.0766. The molecule has 0 radical (unpaired) electrons. The Balaban J connectivity index is 1.71. The van der Waals surface area contributed by atoms with Gasteiger partial charge in [0.15, 0.2) is 11.7 Å². The van der Waals surface area contributed by atoms with Crippen LogP contribution in [0.4, 0.5) is 24.7 Å². The Labute approximate surface area is 203 Å². The van der Waals surface area contributed by atoms with E-state index in [1.54, 1.807) is 17.5 Å². The van der Waals surface area contributed by atoms with E-state index in [-0.39, 0.29) is 44.6 Å². The highest BCUT2D eigenvalue weighted by atomic mass is 79.9. The number of hydrogen-bond acceptors (Lipinski definition) is 6. The van der Waals surface area contributed by atoms with Gasteiger partial charge >= 0.3 is 6.18 Å². The Bertz CT molecular complexity index is 1190. The summed E-state index contributed by atoms with van der Waals surface area (Å²) in [7, 11) is 2.80. The first-order chi connectivity index (χ1) is 15.6. The number of ether oxygens (including phenoxy) is 2. The number of anilines is 2. The first kappa shape index (κ1) is 23.7. The van der Waals surface area contributed by atoms with Crippen molar-refractivity contribution < 1.29 is 27.4 Å². The quantitative estimate of drug-likeness (QED) is 0.380. The minimum Gasteiger partial charge on any atom is -0.495 e. The normalized spacial score (nSPS) is 17.8. The molecule has 0 fully saturated rings. The SMILES string of the molecule is COc1cc(NC(=O)c2nn3c(c2Br)NC(c2cccs2)CC3C(F)(F)F)c(OC)cc1Cl. The predicted octanol–water partition coefficient (Wildman–Crippen LogP) is 6.29. The van der Waals surface area contributed by atoms with Crippen molar-refractivity contribution in [3.8, 4) is 11.5 Å². The molecule has 3 aromatic rings. The number of carbonyl (C=O) groups is 1. The fraction of sp³-hybridized carbons (Fsp3) is 0.300. The fourth-order valence-electron chi connectivity index (χ4n) is 3.55. The average molecular weight is 566 g/mol. The lowest BCUT2D eigenvalue weighted by Crippen LogP contribution is -2.35. The molecule has 1 aromatic carbocycles. The minimum atomic E-state index is -4.56. The van der Waals surface area contributed by atoms with Crippen LogP contribution in [-0.4, -0.2) is 36.1 Å². The summed E-state index contributed by atoms with van der Waals surface area (Å²) < 4.78 is 53.0. The van der Waals surface area contributed by atoms with Crippen molar-refractivity contribution in [3.05, 3.63) is 49.7 Å². The molecule has 0 spiro atoms. The van der Waals surface area contributed by atoms with Gasteiger partial charge in [0.05, 0.1) is 35.4 Å². The number of nitrogens with one attached hydrogen (secondary N) is 2. The topological polar surface area (TPSA) is 77.4 Å². The highest BCUT2D eigenvalue weighted by molar-refractivity contribution is 9.10. The van der Waals surface area contributed by atoms with E-state index in [9.17, 15) is 18.0 Å². The highest BCUT2D eigenvalue weighted by Crippen LogP contribution is 2.47. The fourth-order valence-corrected chi connectivity index (χ4v) is 5.13. The summed E-state index contributed by atoms with van der Waals surface area (Å²) in [5.74, 6) is -0.124. The van der Waals surface area contributed by atoms with Gasteiger partial charge in [0.25, 0.3) is 5.91 Å². The van der Waals surface area contributed by atoms with Crippen LogP contribution >= 0.6 is 38.9 Å². The molecule has 2 unspecified atom stereocenters. The molecule has 0 saturated heterocycles. The van der Waals surface area contributed by atoms with Gasteiger partial charge in [-0.25, -0.2) is 4.68 Å². The summed E-state index contributed by atoms with van der Waals surface area (Å²) in [5, 5.41) is 11.8. The van der Waals surface area contributed by atoms with Crippen molar-refractivity contribution >= 4 is 56.3 Å². The molecule has 7 nitrogen and oxygen atoms in total. The largest absolute Gasteiger partial charge is 0.495 e. The van der Waals surface area contributed by atoms with E-state index in [1.807, 2.05) is 0 Å². The van der Waals surface area contributed by atoms with Crippen LogP contribution in [0.5, 0.6) is 11.5 Å². The number of hydrogen-bond donors (Lipinski definition) is 2. The molecule has 0 aliphatic carbocycles. The van der Waals surface area contributed by atoms with Crippen molar-refractivity contribution in [2.75, 3.05) is 24.9 Å². The molecule has 3 heterocycles. The molecule has 1 aliphatic rings. The summed E-state index contributed by atoms with van der Waals surface area (Å²) in [6, 6.07) is 3.97. The number of halogens is 5. The van der Waals surface area contributed by atoms with Gasteiger partial charge in [-0.05, 0) is 27.4 Å². The monoisotopic (exact) mass is 564 g/mol. The van der Waals surface area contributed by atoms with Gasteiger partial charge in [0.1, 0.15) is 17.3 Å². The molecular weight excluding hydrogens is 549 g/mol. The number of carbonyl (C=O) groups excluding carboxylic acids is 1. The Morgan fingerprint density at radius 2 is 2.06 bits per heavy atom. The summed E-state index contributed by atoms with van der Waals surface area (Å²) >= 11 is 10.7. The van der Waals surface area contributed by atoms with E-state index >= 15 is 0 Å². The second kappa shape index (κ2) is 9.07. The molecule has 1 amide bonds. The number of aromatic nitrogens is 2. The smallest absolute Gasteiger partial charge is 0.410 e. The van der Waals surface area contributed by atoms with Crippen LogP contribution in [0.2, 0.25) is 5.02 Å². The first-order valence-corrected chi connectivity index (χ1v) is 11.6. The number of thiophene rings is 1. The van der Waals surface area contributed by atoms with E-state index in [0.717, 1.165) is 9.56 Å². The maximum absolute atomic E-state index is 13.9. The van der Waals surface area contributed by atoms with Gasteiger partial charge in [0, 0.05) is 23.4 Å². The number of nitrogens with zero attached hydrogens (tertiary/aromatic N) is 2. The van der Waals surface area contributed by atoms with Gasteiger partial charge in [0.2, 0.25) is 0 Å².